The molecule has 7 nitrogen and oxygen atoms in total. The third-order valence-corrected chi connectivity index (χ3v) is 3.14. The van der Waals surface area contributed by atoms with Crippen LogP contribution in [0.3, 0.4) is 0 Å². The van der Waals surface area contributed by atoms with Gasteiger partial charge in [0, 0.05) is 0 Å². The molecule has 0 radical (unpaired) electrons. The van der Waals surface area contributed by atoms with Crippen LogP contribution in [0.4, 0.5) is 5.82 Å². The number of nitrogens with zero attached hydrogens (tertiary/aromatic N) is 6. The number of anilines is 1. The Bertz CT molecular complexity index is 764. The summed E-state index contributed by atoms with van der Waals surface area (Å²) in [7, 11) is 0. The Balaban J connectivity index is 1.72. The first kappa shape index (κ1) is 14.2. The average molecular weight is 314 g/mol. The highest BCUT2D eigenvalue weighted by atomic mass is 35.5. The van der Waals surface area contributed by atoms with Gasteiger partial charge in [-0.15, -0.1) is 10.2 Å². The Kier molecular flexibility index (Phi) is 4.06. The monoisotopic (exact) mass is 313 g/mol. The van der Waals surface area contributed by atoms with Crippen LogP contribution in [0.5, 0.6) is 0 Å². The van der Waals surface area contributed by atoms with E-state index < -0.39 is 0 Å². The molecule has 1 N–H and O–H groups in total. The second kappa shape index (κ2) is 6.31. The van der Waals surface area contributed by atoms with Crippen molar-refractivity contribution in [1.29, 1.82) is 0 Å². The molecule has 0 aliphatic heterocycles. The van der Waals surface area contributed by atoms with Gasteiger partial charge in [-0.3, -0.25) is 5.43 Å². The van der Waals surface area contributed by atoms with E-state index in [4.69, 9.17) is 11.6 Å². The summed E-state index contributed by atoms with van der Waals surface area (Å²) in [6.45, 7) is 1.90. The summed E-state index contributed by atoms with van der Waals surface area (Å²) in [5.74, 6) is 0.531. The summed E-state index contributed by atoms with van der Waals surface area (Å²) < 4.78 is 1.69. The molecule has 0 bridgehead atoms. The molecule has 0 saturated heterocycles. The van der Waals surface area contributed by atoms with E-state index in [0.29, 0.717) is 11.0 Å². The predicted molar refractivity (Wildman–Crippen MR) is 84.2 cm³/mol. The second-order valence-corrected chi connectivity index (χ2v) is 4.82. The molecule has 0 saturated carbocycles. The molecular weight excluding hydrogens is 302 g/mol. The highest BCUT2D eigenvalue weighted by Gasteiger charge is 2.01. The summed E-state index contributed by atoms with van der Waals surface area (Å²) in [4.78, 5) is 3.92. The number of halogens is 1. The second-order valence-electron chi connectivity index (χ2n) is 4.44. The number of nitrogens with one attached hydrogen (secondary N) is 1. The van der Waals surface area contributed by atoms with E-state index in [0.717, 1.165) is 17.0 Å². The fourth-order valence-electron chi connectivity index (χ4n) is 1.78. The van der Waals surface area contributed by atoms with E-state index in [9.17, 15) is 0 Å². The number of benzene rings is 1. The maximum Gasteiger partial charge on any atom is 0.168 e. The Labute approximate surface area is 131 Å². The number of aromatic nitrogens is 5. The minimum absolute atomic E-state index is 0.343. The molecule has 2 aromatic heterocycles. The van der Waals surface area contributed by atoms with Gasteiger partial charge in [0.15, 0.2) is 11.0 Å². The van der Waals surface area contributed by atoms with Gasteiger partial charge in [-0.1, -0.05) is 23.7 Å². The molecule has 0 spiro atoms. The SMILES string of the molecule is C/C(=N\Nc1ccc(Cl)nn1)c1ccc(-n2cncn2)cc1. The van der Waals surface area contributed by atoms with Crippen LogP contribution < -0.4 is 5.43 Å². The third kappa shape index (κ3) is 3.26. The van der Waals surface area contributed by atoms with Crippen molar-refractivity contribution in [2.24, 2.45) is 5.10 Å². The molecule has 0 atom stereocenters. The number of hydrazone groups is 1. The van der Waals surface area contributed by atoms with Crippen molar-refractivity contribution in [2.45, 2.75) is 6.92 Å². The fourth-order valence-corrected chi connectivity index (χ4v) is 1.88. The van der Waals surface area contributed by atoms with Gasteiger partial charge in [0.25, 0.3) is 0 Å². The van der Waals surface area contributed by atoms with Crippen LogP contribution in [0.15, 0.2) is 54.2 Å². The van der Waals surface area contributed by atoms with Crippen LogP contribution >= 0.6 is 11.6 Å². The van der Waals surface area contributed by atoms with Crippen LogP contribution in [0.2, 0.25) is 5.15 Å². The first-order valence-electron chi connectivity index (χ1n) is 6.47. The molecule has 8 heteroatoms. The highest BCUT2D eigenvalue weighted by Crippen LogP contribution is 2.10. The van der Waals surface area contributed by atoms with Gasteiger partial charge in [0.2, 0.25) is 0 Å². The maximum atomic E-state index is 5.68. The first-order chi connectivity index (χ1) is 10.7. The highest BCUT2D eigenvalue weighted by molar-refractivity contribution is 6.29. The molecule has 3 rings (SSSR count). The van der Waals surface area contributed by atoms with Crippen molar-refractivity contribution in [2.75, 3.05) is 5.43 Å². The van der Waals surface area contributed by atoms with E-state index in [2.05, 4.69) is 30.8 Å². The summed E-state index contributed by atoms with van der Waals surface area (Å²) in [6, 6.07) is 11.2. The van der Waals surface area contributed by atoms with Gasteiger partial charge >= 0.3 is 0 Å². The van der Waals surface area contributed by atoms with E-state index >= 15 is 0 Å². The van der Waals surface area contributed by atoms with Crippen molar-refractivity contribution >= 4 is 23.1 Å². The molecule has 0 aliphatic rings. The summed E-state index contributed by atoms with van der Waals surface area (Å²) in [5, 5.41) is 16.3. The Hall–Kier alpha value is -2.80. The number of hydrogen-bond donors (Lipinski definition) is 1. The Morgan fingerprint density at radius 1 is 1.14 bits per heavy atom. The topological polar surface area (TPSA) is 80.9 Å². The minimum atomic E-state index is 0.343. The lowest BCUT2D eigenvalue weighted by molar-refractivity contribution is 0.879. The molecule has 0 amide bonds. The van der Waals surface area contributed by atoms with E-state index in [1.165, 1.54) is 6.33 Å². The molecule has 3 aromatic rings. The van der Waals surface area contributed by atoms with Crippen molar-refractivity contribution in [3.8, 4) is 5.69 Å². The summed E-state index contributed by atoms with van der Waals surface area (Å²) in [6.07, 6.45) is 3.15. The van der Waals surface area contributed by atoms with Crippen molar-refractivity contribution in [3.05, 3.63) is 59.8 Å². The van der Waals surface area contributed by atoms with Crippen molar-refractivity contribution in [3.63, 3.8) is 0 Å². The lowest BCUT2D eigenvalue weighted by Gasteiger charge is -2.04. The lowest BCUT2D eigenvalue weighted by atomic mass is 10.1. The normalized spacial score (nSPS) is 11.5. The van der Waals surface area contributed by atoms with Crippen LogP contribution in [0.25, 0.3) is 5.69 Å². The zero-order valence-electron chi connectivity index (χ0n) is 11.7. The molecule has 0 aliphatic carbocycles. The number of rotatable bonds is 4. The quantitative estimate of drug-likeness (QED) is 0.591. The Morgan fingerprint density at radius 2 is 1.95 bits per heavy atom. The van der Waals surface area contributed by atoms with Crippen LogP contribution in [-0.4, -0.2) is 30.7 Å². The minimum Gasteiger partial charge on any atom is -0.260 e. The molecular formula is C14H12ClN7. The first-order valence-corrected chi connectivity index (χ1v) is 6.85. The molecule has 1 aromatic carbocycles. The molecule has 22 heavy (non-hydrogen) atoms. The molecule has 110 valence electrons. The molecule has 0 fully saturated rings. The van der Waals surface area contributed by atoms with Crippen LogP contribution in [-0.2, 0) is 0 Å². The molecule has 0 unspecified atom stereocenters. The lowest BCUT2D eigenvalue weighted by Crippen LogP contribution is -2.02. The third-order valence-electron chi connectivity index (χ3n) is 2.94. The number of hydrogen-bond acceptors (Lipinski definition) is 6. The summed E-state index contributed by atoms with van der Waals surface area (Å²) >= 11 is 5.68. The van der Waals surface area contributed by atoms with Gasteiger partial charge in [0.05, 0.1) is 11.4 Å². The van der Waals surface area contributed by atoms with Gasteiger partial charge in [0.1, 0.15) is 12.7 Å². The van der Waals surface area contributed by atoms with Crippen LogP contribution in [0, 0.1) is 0 Å². The van der Waals surface area contributed by atoms with E-state index in [1.807, 2.05) is 31.2 Å². The summed E-state index contributed by atoms with van der Waals surface area (Å²) in [5.41, 5.74) is 5.58. The fraction of sp³-hybridized carbons (Fsp3) is 0.0714. The average Bonchev–Trinajstić information content (AvgIpc) is 3.09. The van der Waals surface area contributed by atoms with Crippen molar-refractivity contribution < 1.29 is 0 Å². The maximum absolute atomic E-state index is 5.68. The Morgan fingerprint density at radius 3 is 2.59 bits per heavy atom. The van der Waals surface area contributed by atoms with Crippen LogP contribution in [0.1, 0.15) is 12.5 Å². The molecule has 2 heterocycles. The van der Waals surface area contributed by atoms with E-state index in [-0.39, 0.29) is 0 Å². The van der Waals surface area contributed by atoms with Crippen molar-refractivity contribution in [1.82, 2.24) is 25.0 Å². The van der Waals surface area contributed by atoms with Gasteiger partial charge in [-0.05, 0) is 36.8 Å². The smallest absolute Gasteiger partial charge is 0.168 e. The predicted octanol–water partition coefficient (Wildman–Crippen LogP) is 2.55. The van der Waals surface area contributed by atoms with Gasteiger partial charge < -0.3 is 0 Å². The standard InChI is InChI=1S/C14H12ClN7/c1-10(18-20-14-7-6-13(15)19-21-14)11-2-4-12(5-3-11)22-9-16-8-17-22/h2-9H,1H3,(H,20,21)/b18-10+. The van der Waals surface area contributed by atoms with Gasteiger partial charge in [-0.25, -0.2) is 9.67 Å². The van der Waals surface area contributed by atoms with E-state index in [1.54, 1.807) is 23.1 Å². The van der Waals surface area contributed by atoms with Gasteiger partial charge in [-0.2, -0.15) is 10.2 Å². The zero-order valence-corrected chi connectivity index (χ0v) is 12.4. The zero-order chi connectivity index (χ0) is 15.4. The largest absolute Gasteiger partial charge is 0.260 e.